The van der Waals surface area contributed by atoms with Gasteiger partial charge in [-0.25, -0.2) is 9.59 Å². The number of carboxylic acids is 2. The van der Waals surface area contributed by atoms with Crippen molar-refractivity contribution in [2.75, 3.05) is 0 Å². The number of nitrogens with one attached hydrogen (secondary N) is 2. The number of carbonyl (C=O) groups is 4. The first-order valence-corrected chi connectivity index (χ1v) is 5.88. The summed E-state index contributed by atoms with van der Waals surface area (Å²) in [4.78, 5) is 41.7. The molecule has 8 nitrogen and oxygen atoms in total. The highest BCUT2D eigenvalue weighted by molar-refractivity contribution is 5.76. The van der Waals surface area contributed by atoms with E-state index >= 15 is 0 Å². The summed E-state index contributed by atoms with van der Waals surface area (Å²) in [5, 5.41) is 21.9. The molecule has 2 unspecified atom stereocenters. The highest BCUT2D eigenvalue weighted by atomic mass is 16.4. The van der Waals surface area contributed by atoms with Crippen molar-refractivity contribution in [2.24, 2.45) is 0 Å². The monoisotopic (exact) mass is 274 g/mol. The summed E-state index contributed by atoms with van der Waals surface area (Å²) >= 11 is 0. The smallest absolute Gasteiger partial charge is 0.326 e. The maximum Gasteiger partial charge on any atom is 0.326 e. The molecule has 0 saturated heterocycles. The zero-order valence-corrected chi connectivity index (χ0v) is 10.4. The third-order valence-electron chi connectivity index (χ3n) is 2.62. The van der Waals surface area contributed by atoms with Crippen molar-refractivity contribution in [1.82, 2.24) is 10.6 Å². The van der Waals surface area contributed by atoms with E-state index in [1.54, 1.807) is 0 Å². The van der Waals surface area contributed by atoms with Gasteiger partial charge < -0.3 is 20.8 Å². The molecule has 0 radical (unpaired) electrons. The van der Waals surface area contributed by atoms with E-state index < -0.39 is 24.0 Å². The molecule has 0 aliphatic carbocycles. The highest BCUT2D eigenvalue weighted by Crippen LogP contribution is 2.08. The van der Waals surface area contributed by atoms with Gasteiger partial charge in [-0.3, -0.25) is 9.59 Å². The van der Waals surface area contributed by atoms with Gasteiger partial charge in [0.1, 0.15) is 12.1 Å². The molecule has 0 aromatic heterocycles. The summed E-state index contributed by atoms with van der Waals surface area (Å²) < 4.78 is 0. The van der Waals surface area contributed by atoms with Crippen molar-refractivity contribution in [3.63, 3.8) is 0 Å². The minimum Gasteiger partial charge on any atom is -0.480 e. The van der Waals surface area contributed by atoms with Crippen LogP contribution in [0.2, 0.25) is 0 Å². The molecular formula is C11H18N2O6. The summed E-state index contributed by atoms with van der Waals surface area (Å²) in [6.45, 7) is 0. The highest BCUT2D eigenvalue weighted by Gasteiger charge is 2.17. The van der Waals surface area contributed by atoms with E-state index in [4.69, 9.17) is 10.2 Å². The number of unbranched alkanes of at least 4 members (excludes halogenated alkanes) is 2. The Bertz CT molecular complexity index is 290. The van der Waals surface area contributed by atoms with E-state index in [2.05, 4.69) is 10.6 Å². The van der Waals surface area contributed by atoms with Crippen molar-refractivity contribution in [2.45, 2.75) is 44.2 Å². The summed E-state index contributed by atoms with van der Waals surface area (Å²) in [5.41, 5.74) is 0. The van der Waals surface area contributed by atoms with Crippen LogP contribution in [0.1, 0.15) is 32.1 Å². The van der Waals surface area contributed by atoms with Gasteiger partial charge in [-0.05, 0) is 12.8 Å². The average Bonchev–Trinajstić information content (AvgIpc) is 2.35. The number of carboxylic acid groups (broad SMARTS) is 2. The lowest BCUT2D eigenvalue weighted by atomic mass is 10.0. The van der Waals surface area contributed by atoms with Gasteiger partial charge in [0.15, 0.2) is 0 Å². The summed E-state index contributed by atoms with van der Waals surface area (Å²) in [6, 6.07) is -1.83. The summed E-state index contributed by atoms with van der Waals surface area (Å²) in [5.74, 6) is -2.20. The maximum absolute atomic E-state index is 10.7. The van der Waals surface area contributed by atoms with Gasteiger partial charge in [-0.15, -0.1) is 0 Å². The Morgan fingerprint density at radius 2 is 1.21 bits per heavy atom. The summed E-state index contributed by atoms with van der Waals surface area (Å²) in [6.07, 6.45) is 2.96. The molecule has 0 aromatic rings. The number of amides is 2. The van der Waals surface area contributed by atoms with Crippen LogP contribution in [-0.4, -0.2) is 47.1 Å². The molecule has 0 bridgehead atoms. The molecule has 0 heterocycles. The number of aliphatic carboxylic acids is 2. The van der Waals surface area contributed by atoms with Crippen LogP contribution in [0.5, 0.6) is 0 Å². The lowest BCUT2D eigenvalue weighted by molar-refractivity contribution is -0.141. The fraction of sp³-hybridized carbons (Fsp3) is 0.636. The van der Waals surface area contributed by atoms with Gasteiger partial charge in [0.2, 0.25) is 12.8 Å². The standard InChI is InChI=1S/C11H18N2O6/c14-6-12-8(10(16)17)4-2-1-3-5-9(11(18)19)13-7-15/h6-9H,1-5H2,(H,12,14)(H,13,15)(H,16,17)(H,18,19). The van der Waals surface area contributed by atoms with Crippen molar-refractivity contribution in [1.29, 1.82) is 0 Å². The Kier molecular flexibility index (Phi) is 8.76. The fourth-order valence-corrected chi connectivity index (χ4v) is 1.59. The normalized spacial score (nSPS) is 13.1. The summed E-state index contributed by atoms with van der Waals surface area (Å²) in [7, 11) is 0. The predicted octanol–water partition coefficient (Wildman–Crippen LogP) is -0.665. The van der Waals surface area contributed by atoms with Crippen molar-refractivity contribution < 1.29 is 29.4 Å². The number of hydrogen-bond donors (Lipinski definition) is 4. The second-order valence-electron chi connectivity index (χ2n) is 3.99. The van der Waals surface area contributed by atoms with Crippen molar-refractivity contribution in [3.8, 4) is 0 Å². The van der Waals surface area contributed by atoms with Crippen LogP contribution >= 0.6 is 0 Å². The van der Waals surface area contributed by atoms with E-state index in [9.17, 15) is 19.2 Å². The zero-order valence-electron chi connectivity index (χ0n) is 10.4. The Labute approximate surface area is 110 Å². The van der Waals surface area contributed by atoms with Gasteiger partial charge >= 0.3 is 11.9 Å². The van der Waals surface area contributed by atoms with Gasteiger partial charge in [-0.1, -0.05) is 19.3 Å². The number of carbonyl (C=O) groups excluding carboxylic acids is 2. The minimum absolute atomic E-state index is 0.285. The third kappa shape index (κ3) is 7.74. The van der Waals surface area contributed by atoms with Gasteiger partial charge in [-0.2, -0.15) is 0 Å². The molecule has 0 saturated carbocycles. The number of hydrogen-bond acceptors (Lipinski definition) is 4. The number of rotatable bonds is 12. The Morgan fingerprint density at radius 3 is 1.47 bits per heavy atom. The molecule has 2 amide bonds. The van der Waals surface area contributed by atoms with Crippen LogP contribution in [0.4, 0.5) is 0 Å². The molecule has 19 heavy (non-hydrogen) atoms. The molecule has 108 valence electrons. The molecule has 0 spiro atoms. The first-order valence-electron chi connectivity index (χ1n) is 5.88. The molecular weight excluding hydrogens is 256 g/mol. The minimum atomic E-state index is -1.10. The third-order valence-corrected chi connectivity index (χ3v) is 2.62. The molecule has 8 heteroatoms. The van der Waals surface area contributed by atoms with Crippen molar-refractivity contribution in [3.05, 3.63) is 0 Å². The predicted molar refractivity (Wildman–Crippen MR) is 64.3 cm³/mol. The topological polar surface area (TPSA) is 133 Å². The molecule has 0 aromatic carbocycles. The molecule has 0 aliphatic heterocycles. The second-order valence-corrected chi connectivity index (χ2v) is 3.99. The van der Waals surface area contributed by atoms with Crippen LogP contribution in [-0.2, 0) is 19.2 Å². The Balaban J connectivity index is 3.83. The molecule has 4 N–H and O–H groups in total. The van der Waals surface area contributed by atoms with Crippen LogP contribution in [0, 0.1) is 0 Å². The van der Waals surface area contributed by atoms with E-state index in [0.717, 1.165) is 0 Å². The van der Waals surface area contributed by atoms with E-state index in [0.29, 0.717) is 32.1 Å². The van der Waals surface area contributed by atoms with Crippen molar-refractivity contribution >= 4 is 24.8 Å². The lowest BCUT2D eigenvalue weighted by Gasteiger charge is -2.12. The van der Waals surface area contributed by atoms with Crippen LogP contribution < -0.4 is 10.6 Å². The molecule has 0 fully saturated rings. The van der Waals surface area contributed by atoms with Gasteiger partial charge in [0, 0.05) is 0 Å². The van der Waals surface area contributed by atoms with Crippen LogP contribution in [0.25, 0.3) is 0 Å². The molecule has 2 atom stereocenters. The van der Waals surface area contributed by atoms with E-state index in [-0.39, 0.29) is 12.8 Å². The lowest BCUT2D eigenvalue weighted by Crippen LogP contribution is -2.36. The second kappa shape index (κ2) is 9.86. The van der Waals surface area contributed by atoms with Gasteiger partial charge in [0.05, 0.1) is 0 Å². The fourth-order valence-electron chi connectivity index (χ4n) is 1.59. The Hall–Kier alpha value is -2.12. The zero-order chi connectivity index (χ0) is 14.7. The molecule has 0 aliphatic rings. The SMILES string of the molecule is O=CNC(CCCCCC(NC=O)C(=O)O)C(=O)O. The van der Waals surface area contributed by atoms with Crippen LogP contribution in [0.15, 0.2) is 0 Å². The van der Waals surface area contributed by atoms with Crippen LogP contribution in [0.3, 0.4) is 0 Å². The average molecular weight is 274 g/mol. The van der Waals surface area contributed by atoms with E-state index in [1.807, 2.05) is 0 Å². The first kappa shape index (κ1) is 16.9. The maximum atomic E-state index is 10.7. The Morgan fingerprint density at radius 1 is 0.842 bits per heavy atom. The largest absolute Gasteiger partial charge is 0.480 e. The first-order chi connectivity index (χ1) is 9.02. The van der Waals surface area contributed by atoms with E-state index in [1.165, 1.54) is 0 Å². The quantitative estimate of drug-likeness (QED) is 0.276. The molecule has 0 rings (SSSR count). The van der Waals surface area contributed by atoms with Gasteiger partial charge in [0.25, 0.3) is 0 Å².